The van der Waals surface area contributed by atoms with Crippen LogP contribution in [-0.4, -0.2) is 4.21 Å². The number of benzene rings is 1. The summed E-state index contributed by atoms with van der Waals surface area (Å²) in [5.41, 5.74) is 11.8. The molecule has 0 aliphatic carbocycles. The van der Waals surface area contributed by atoms with Crippen molar-refractivity contribution in [2.75, 3.05) is 11.5 Å². The molecule has 0 aromatic heterocycles. The summed E-state index contributed by atoms with van der Waals surface area (Å²) in [5.74, 6) is 0. The van der Waals surface area contributed by atoms with Crippen LogP contribution < -0.4 is 16.6 Å². The quantitative estimate of drug-likeness (QED) is 0.512. The second kappa shape index (κ2) is 2.89. The summed E-state index contributed by atoms with van der Waals surface area (Å²) in [6.45, 7) is 0. The third-order valence-electron chi connectivity index (χ3n) is 1.25. The van der Waals surface area contributed by atoms with Crippen LogP contribution >= 0.6 is 0 Å². The molecule has 4 nitrogen and oxygen atoms in total. The van der Waals surface area contributed by atoms with E-state index in [1.54, 1.807) is 12.1 Å². The smallest absolute Gasteiger partial charge is 0.124 e. The molecule has 5 heteroatoms. The summed E-state index contributed by atoms with van der Waals surface area (Å²) in [6, 6.07) is 4.71. The molecule has 0 bridgehead atoms. The van der Waals surface area contributed by atoms with Crippen molar-refractivity contribution in [3.8, 4) is 0 Å². The molecule has 0 fully saturated rings. The lowest BCUT2D eigenvalue weighted by Gasteiger charge is -2.01. The van der Waals surface area contributed by atoms with Crippen molar-refractivity contribution in [3.05, 3.63) is 18.2 Å². The van der Waals surface area contributed by atoms with E-state index < -0.39 is 11.0 Å². The molecule has 11 heavy (non-hydrogen) atoms. The van der Waals surface area contributed by atoms with Crippen LogP contribution in [0.1, 0.15) is 0 Å². The summed E-state index contributed by atoms with van der Waals surface area (Å²) < 4.78 is 10.8. The molecule has 0 aliphatic rings. The Kier molecular flexibility index (Phi) is 2.11. The van der Waals surface area contributed by atoms with Crippen molar-refractivity contribution in [1.82, 2.24) is 0 Å². The van der Waals surface area contributed by atoms with E-state index in [0.29, 0.717) is 16.3 Å². The average molecular weight is 171 g/mol. The number of nitrogen functional groups attached to an aromatic ring is 2. The topological polar surface area (TPSA) is 95.1 Å². The second-order valence-electron chi connectivity index (χ2n) is 2.09. The van der Waals surface area contributed by atoms with E-state index in [9.17, 15) is 4.21 Å². The molecule has 0 heterocycles. The Hall–Kier alpha value is -1.07. The molecule has 1 unspecified atom stereocenters. The molecule has 0 spiro atoms. The molecule has 0 radical (unpaired) electrons. The van der Waals surface area contributed by atoms with E-state index in [1.807, 2.05) is 0 Å². The summed E-state index contributed by atoms with van der Waals surface area (Å²) in [5, 5.41) is 5.12. The summed E-state index contributed by atoms with van der Waals surface area (Å²) in [7, 11) is -1.56. The van der Waals surface area contributed by atoms with Crippen molar-refractivity contribution in [3.63, 3.8) is 0 Å². The second-order valence-corrected chi connectivity index (χ2v) is 3.13. The fourth-order valence-electron chi connectivity index (χ4n) is 0.725. The number of anilines is 2. The van der Waals surface area contributed by atoms with E-state index in [1.165, 1.54) is 6.07 Å². The molecule has 1 aromatic carbocycles. The highest BCUT2D eigenvalue weighted by Crippen LogP contribution is 2.16. The first-order chi connectivity index (χ1) is 5.11. The van der Waals surface area contributed by atoms with E-state index in [2.05, 4.69) is 0 Å². The predicted octanol–water partition coefficient (Wildman–Crippen LogP) is -0.168. The van der Waals surface area contributed by atoms with Crippen LogP contribution in [0.15, 0.2) is 23.1 Å². The predicted molar refractivity (Wildman–Crippen MR) is 45.9 cm³/mol. The number of rotatable bonds is 1. The highest BCUT2D eigenvalue weighted by atomic mass is 32.2. The lowest BCUT2D eigenvalue weighted by atomic mass is 10.3. The molecule has 0 amide bonds. The molecule has 6 N–H and O–H groups in total. The molecule has 1 rings (SSSR count). The van der Waals surface area contributed by atoms with Crippen molar-refractivity contribution in [2.24, 2.45) is 5.14 Å². The fraction of sp³-hybridized carbons (Fsp3) is 0. The van der Waals surface area contributed by atoms with Gasteiger partial charge in [0, 0.05) is 11.4 Å². The summed E-state index contributed by atoms with van der Waals surface area (Å²) >= 11 is 0. The maximum atomic E-state index is 10.8. The van der Waals surface area contributed by atoms with E-state index in [4.69, 9.17) is 16.6 Å². The van der Waals surface area contributed by atoms with Gasteiger partial charge in [0.05, 0.1) is 4.90 Å². The Bertz CT molecular complexity index is 300. The van der Waals surface area contributed by atoms with E-state index in [0.717, 1.165) is 0 Å². The Labute approximate surface area is 67.0 Å². The van der Waals surface area contributed by atoms with Crippen LogP contribution in [0.25, 0.3) is 0 Å². The van der Waals surface area contributed by atoms with Crippen LogP contribution in [0.5, 0.6) is 0 Å². The van der Waals surface area contributed by atoms with Gasteiger partial charge in [-0.05, 0) is 18.2 Å². The third kappa shape index (κ3) is 1.69. The zero-order valence-electron chi connectivity index (χ0n) is 5.78. The first kappa shape index (κ1) is 8.03. The normalized spacial score (nSPS) is 12.8. The van der Waals surface area contributed by atoms with Gasteiger partial charge in [-0.2, -0.15) is 0 Å². The number of hydrogen-bond donors (Lipinski definition) is 3. The Morgan fingerprint density at radius 3 is 2.36 bits per heavy atom. The Morgan fingerprint density at radius 2 is 1.91 bits per heavy atom. The maximum Gasteiger partial charge on any atom is 0.124 e. The Morgan fingerprint density at radius 1 is 1.27 bits per heavy atom. The molecule has 60 valence electrons. The van der Waals surface area contributed by atoms with E-state index in [-0.39, 0.29) is 0 Å². The average Bonchev–Trinajstić information content (AvgIpc) is 1.94. The van der Waals surface area contributed by atoms with Gasteiger partial charge in [-0.3, -0.25) is 0 Å². The molecule has 1 atom stereocenters. The van der Waals surface area contributed by atoms with Gasteiger partial charge in [0.25, 0.3) is 0 Å². The lowest BCUT2D eigenvalue weighted by Crippen LogP contribution is -2.06. The zero-order valence-corrected chi connectivity index (χ0v) is 6.60. The van der Waals surface area contributed by atoms with Crippen molar-refractivity contribution in [1.29, 1.82) is 0 Å². The largest absolute Gasteiger partial charge is 0.399 e. The van der Waals surface area contributed by atoms with E-state index >= 15 is 0 Å². The molecule has 0 aliphatic heterocycles. The summed E-state index contributed by atoms with van der Waals surface area (Å²) in [6.07, 6.45) is 0. The van der Waals surface area contributed by atoms with Crippen molar-refractivity contribution in [2.45, 2.75) is 4.90 Å². The number of nitrogens with two attached hydrogens (primary N) is 3. The minimum absolute atomic E-state index is 0.380. The fourth-order valence-corrected chi connectivity index (χ4v) is 1.28. The highest BCUT2D eigenvalue weighted by molar-refractivity contribution is 7.82. The van der Waals surface area contributed by atoms with Gasteiger partial charge >= 0.3 is 0 Å². The molecule has 0 saturated heterocycles. The molecular weight excluding hydrogens is 162 g/mol. The van der Waals surface area contributed by atoms with Gasteiger partial charge < -0.3 is 11.5 Å². The SMILES string of the molecule is Nc1ccc(N)c(S(N)=O)c1. The minimum atomic E-state index is -1.56. The van der Waals surface area contributed by atoms with Crippen molar-refractivity contribution < 1.29 is 4.21 Å². The van der Waals surface area contributed by atoms with Gasteiger partial charge in [-0.25, -0.2) is 9.35 Å². The zero-order chi connectivity index (χ0) is 8.43. The van der Waals surface area contributed by atoms with Gasteiger partial charge in [0.2, 0.25) is 0 Å². The maximum absolute atomic E-state index is 10.8. The first-order valence-corrected chi connectivity index (χ1v) is 4.13. The Balaban J connectivity index is 3.23. The van der Waals surface area contributed by atoms with Crippen LogP contribution in [0.2, 0.25) is 0 Å². The van der Waals surface area contributed by atoms with Gasteiger partial charge in [0.15, 0.2) is 0 Å². The van der Waals surface area contributed by atoms with Crippen LogP contribution in [0.4, 0.5) is 11.4 Å². The molecular formula is C6H9N3OS. The standard InChI is InChI=1S/C6H9N3OS/c7-4-1-2-5(8)6(3-4)11(9)10/h1-3H,7-9H2. The van der Waals surface area contributed by atoms with Crippen LogP contribution in [0, 0.1) is 0 Å². The molecule has 0 saturated carbocycles. The minimum Gasteiger partial charge on any atom is -0.399 e. The third-order valence-corrected chi connectivity index (χ3v) is 2.04. The van der Waals surface area contributed by atoms with Gasteiger partial charge in [0.1, 0.15) is 11.0 Å². The van der Waals surface area contributed by atoms with Crippen LogP contribution in [0.3, 0.4) is 0 Å². The highest BCUT2D eigenvalue weighted by Gasteiger charge is 2.02. The first-order valence-electron chi connectivity index (χ1n) is 2.92. The monoisotopic (exact) mass is 171 g/mol. The lowest BCUT2D eigenvalue weighted by molar-refractivity contribution is 0.684. The van der Waals surface area contributed by atoms with Gasteiger partial charge in [-0.15, -0.1) is 0 Å². The van der Waals surface area contributed by atoms with Crippen LogP contribution in [-0.2, 0) is 11.0 Å². The summed E-state index contributed by atoms with van der Waals surface area (Å²) in [4.78, 5) is 0.380. The van der Waals surface area contributed by atoms with Crippen molar-refractivity contribution >= 4 is 22.4 Å². The molecule has 1 aromatic rings. The number of hydrogen-bond acceptors (Lipinski definition) is 3. The van der Waals surface area contributed by atoms with Gasteiger partial charge in [-0.1, -0.05) is 0 Å².